The van der Waals surface area contributed by atoms with Crippen molar-refractivity contribution in [3.8, 4) is 22.5 Å². The monoisotopic (exact) mass is 1100 g/mol. The lowest BCUT2D eigenvalue weighted by Gasteiger charge is -2.32. The van der Waals surface area contributed by atoms with Crippen molar-refractivity contribution in [2.75, 3.05) is 0 Å². The first-order valence-electron chi connectivity index (χ1n) is 28.9. The number of fused-ring (bicyclic) bond motifs is 15. The molecule has 9 heteroatoms. The average Bonchev–Trinajstić information content (AvgIpc) is 1.67. The molecule has 0 bridgehead atoms. The molecule has 0 radical (unpaired) electrons. The van der Waals surface area contributed by atoms with Crippen LogP contribution in [-0.4, -0.2) is 26.6 Å². The van der Waals surface area contributed by atoms with Crippen LogP contribution in [0.1, 0.15) is 76.9 Å². The van der Waals surface area contributed by atoms with E-state index in [1.807, 2.05) is 11.3 Å². The number of nitrogens with one attached hydrogen (secondary N) is 3. The second kappa shape index (κ2) is 18.9. The fourth-order valence-electron chi connectivity index (χ4n) is 13.8. The summed E-state index contributed by atoms with van der Waals surface area (Å²) in [6, 6.07) is 91.9. The summed E-state index contributed by atoms with van der Waals surface area (Å²) in [5, 5.41) is 18.9. The van der Waals surface area contributed by atoms with E-state index in [2.05, 4.69) is 294 Å². The highest BCUT2D eigenvalue weighted by Gasteiger charge is 2.42. The maximum absolute atomic E-state index is 5.69. The first-order chi connectivity index (χ1) is 41.4. The summed E-state index contributed by atoms with van der Waals surface area (Å²) in [6.45, 7) is 4.84. The summed E-state index contributed by atoms with van der Waals surface area (Å²) in [5.74, 6) is 2.19. The van der Waals surface area contributed by atoms with E-state index in [9.17, 15) is 0 Å². The highest BCUT2D eigenvalue weighted by molar-refractivity contribution is 7.25. The Balaban J connectivity index is 0.980. The third kappa shape index (κ3) is 7.45. The van der Waals surface area contributed by atoms with Gasteiger partial charge in [0.25, 0.3) is 0 Å². The van der Waals surface area contributed by atoms with E-state index in [0.717, 1.165) is 73.0 Å². The summed E-state index contributed by atoms with van der Waals surface area (Å²) in [7, 11) is 0. The number of amidine groups is 3. The number of benzene rings is 11. The summed E-state index contributed by atoms with van der Waals surface area (Å²) in [5.41, 5.74) is 17.5. The van der Waals surface area contributed by atoms with E-state index in [-0.39, 0.29) is 11.6 Å². The zero-order valence-electron chi connectivity index (χ0n) is 46.1. The van der Waals surface area contributed by atoms with Crippen molar-refractivity contribution in [3.05, 3.63) is 299 Å². The van der Waals surface area contributed by atoms with Crippen molar-refractivity contribution in [1.29, 1.82) is 0 Å². The second-order valence-electron chi connectivity index (χ2n) is 22.8. The molecule has 0 saturated heterocycles. The standard InChI is InChI=1S/C75H54N8S/c1-75(2)57-35-19-15-32-52(57)63-66(75)64-53-33-16-21-37-59(53)83(68(64)65-54-34-17-20-36-58(54)82(67(63)65)50-29-13-6-14-30-50)60-41-39-48(44-56(60)74-80-70(46-25-9-4-10-26-46)76-71(81-74)47-27-11-5-12-28-47)72-77-69(45-23-7-3-8-24-45)78-73(79-72)49-40-42-62-55(43-49)51-31-18-22-38-61(51)84-62/h3-44,69-70,72,77H,1-2H3,(H,78,79)(H,76,80,81). The number of para-hydroxylation sites is 3. The van der Waals surface area contributed by atoms with Gasteiger partial charge in [-0.25, -0.2) is 15.0 Å². The summed E-state index contributed by atoms with van der Waals surface area (Å²) >= 11 is 1.83. The molecule has 3 unspecified atom stereocenters. The Morgan fingerprint density at radius 2 is 1.07 bits per heavy atom. The quantitative estimate of drug-likeness (QED) is 0.142. The number of rotatable bonds is 8. The summed E-state index contributed by atoms with van der Waals surface area (Å²) in [4.78, 5) is 17.0. The Morgan fingerprint density at radius 1 is 0.440 bits per heavy atom. The van der Waals surface area contributed by atoms with Crippen LogP contribution < -0.4 is 16.0 Å². The number of hydrogen-bond donors (Lipinski definition) is 3. The third-order valence-electron chi connectivity index (χ3n) is 17.6. The molecule has 84 heavy (non-hydrogen) atoms. The largest absolute Gasteiger partial charge is 0.350 e. The predicted octanol–water partition coefficient (Wildman–Crippen LogP) is 17.4. The molecule has 0 amide bonds. The number of thiophene rings is 1. The van der Waals surface area contributed by atoms with E-state index in [1.54, 1.807) is 0 Å². The van der Waals surface area contributed by atoms with Gasteiger partial charge in [0, 0.05) is 75.1 Å². The van der Waals surface area contributed by atoms with Crippen LogP contribution in [-0.2, 0) is 5.41 Å². The molecule has 2 aliphatic heterocycles. The van der Waals surface area contributed by atoms with Crippen LogP contribution in [0.25, 0.3) is 86.3 Å². The Morgan fingerprint density at radius 3 is 1.85 bits per heavy atom. The average molecular weight is 1100 g/mol. The van der Waals surface area contributed by atoms with Crippen molar-refractivity contribution in [2.24, 2.45) is 15.0 Å². The zero-order valence-corrected chi connectivity index (χ0v) is 46.9. The molecular weight excluding hydrogens is 1040 g/mol. The minimum absolute atomic E-state index is 0.259. The Kier molecular flexibility index (Phi) is 10.9. The van der Waals surface area contributed by atoms with E-state index < -0.39 is 12.3 Å². The second-order valence-corrected chi connectivity index (χ2v) is 23.8. The number of aromatic nitrogens is 2. The molecular formula is C75H54N8S. The van der Waals surface area contributed by atoms with Gasteiger partial charge in [-0.3, -0.25) is 5.32 Å². The molecule has 5 heterocycles. The van der Waals surface area contributed by atoms with Crippen LogP contribution in [0.4, 0.5) is 0 Å². The minimum atomic E-state index is -0.477. The lowest BCUT2D eigenvalue weighted by molar-refractivity contribution is 0.409. The lowest BCUT2D eigenvalue weighted by atomic mass is 9.80. The summed E-state index contributed by atoms with van der Waals surface area (Å²) in [6.07, 6.45) is -1.17. The van der Waals surface area contributed by atoms with E-state index in [0.29, 0.717) is 5.84 Å². The van der Waals surface area contributed by atoms with Gasteiger partial charge in [-0.05, 0) is 94.0 Å². The molecule has 1 aliphatic carbocycles. The topological polar surface area (TPSA) is 83.0 Å². The van der Waals surface area contributed by atoms with Gasteiger partial charge in [-0.2, -0.15) is 0 Å². The predicted molar refractivity (Wildman–Crippen MR) is 349 cm³/mol. The van der Waals surface area contributed by atoms with Crippen molar-refractivity contribution < 1.29 is 0 Å². The molecule has 17 rings (SSSR count). The maximum atomic E-state index is 5.69. The van der Waals surface area contributed by atoms with Crippen LogP contribution in [0.5, 0.6) is 0 Å². The normalized spacial score (nSPS) is 17.3. The van der Waals surface area contributed by atoms with Gasteiger partial charge in [-0.1, -0.05) is 208 Å². The fourth-order valence-corrected chi connectivity index (χ4v) is 14.9. The van der Waals surface area contributed by atoms with Crippen molar-refractivity contribution in [3.63, 3.8) is 0 Å². The van der Waals surface area contributed by atoms with Gasteiger partial charge in [-0.15, -0.1) is 11.3 Å². The minimum Gasteiger partial charge on any atom is -0.350 e. The molecule has 0 saturated carbocycles. The van der Waals surface area contributed by atoms with Crippen LogP contribution in [0.15, 0.2) is 270 Å². The molecule has 3 aromatic heterocycles. The molecule has 11 aromatic carbocycles. The summed E-state index contributed by atoms with van der Waals surface area (Å²) < 4.78 is 7.59. The van der Waals surface area contributed by atoms with E-state index in [1.165, 1.54) is 69.5 Å². The number of hydrogen-bond acceptors (Lipinski definition) is 7. The molecule has 3 N–H and O–H groups in total. The Hall–Kier alpha value is -10.2. The third-order valence-corrected chi connectivity index (χ3v) is 18.8. The van der Waals surface area contributed by atoms with Gasteiger partial charge in [0.15, 0.2) is 5.84 Å². The van der Waals surface area contributed by atoms with Gasteiger partial charge in [0.2, 0.25) is 0 Å². The molecule has 14 aromatic rings. The van der Waals surface area contributed by atoms with Crippen LogP contribution >= 0.6 is 11.3 Å². The smallest absolute Gasteiger partial charge is 0.161 e. The first-order valence-corrected chi connectivity index (χ1v) is 29.7. The highest BCUT2D eigenvalue weighted by atomic mass is 32.1. The van der Waals surface area contributed by atoms with Crippen LogP contribution in [0.2, 0.25) is 0 Å². The van der Waals surface area contributed by atoms with Crippen LogP contribution in [0, 0.1) is 0 Å². The van der Waals surface area contributed by atoms with Gasteiger partial charge >= 0.3 is 0 Å². The van der Waals surface area contributed by atoms with Crippen molar-refractivity contribution in [1.82, 2.24) is 25.1 Å². The van der Waals surface area contributed by atoms with E-state index in [4.69, 9.17) is 15.0 Å². The zero-order chi connectivity index (χ0) is 55.6. The molecule has 3 atom stereocenters. The molecule has 8 nitrogen and oxygen atoms in total. The van der Waals surface area contributed by atoms with Gasteiger partial charge in [0.1, 0.15) is 30.2 Å². The lowest BCUT2D eigenvalue weighted by Crippen LogP contribution is -2.45. The molecule has 3 aliphatic rings. The SMILES string of the molecule is CC1(C)c2ccccc2-c2c1c1c3ccccc3n(-c3ccc(C4N=C(c5ccc6sc7ccccc7c6c5)NC(c5ccccc5)N4)cc3C3=NC(c4ccccc4)NC(c4ccccc4)=N3)c1c1c3ccccc3n(-c3ccccc3)c21. The van der Waals surface area contributed by atoms with Gasteiger partial charge < -0.3 is 19.8 Å². The van der Waals surface area contributed by atoms with Crippen molar-refractivity contribution >= 4 is 92.6 Å². The van der Waals surface area contributed by atoms with E-state index >= 15 is 0 Å². The fraction of sp³-hybridized carbons (Fsp3) is 0.0800. The molecule has 400 valence electrons. The Bertz CT molecular complexity index is 5090. The highest BCUT2D eigenvalue weighted by Crippen LogP contribution is 2.58. The number of nitrogens with zero attached hydrogens (tertiary/aromatic N) is 5. The maximum Gasteiger partial charge on any atom is 0.161 e. The van der Waals surface area contributed by atoms with Gasteiger partial charge in [0.05, 0.1) is 27.8 Å². The molecule has 0 spiro atoms. The Labute approximate surface area is 489 Å². The first kappa shape index (κ1) is 48.5. The van der Waals surface area contributed by atoms with Crippen LogP contribution in [0.3, 0.4) is 0 Å². The molecule has 0 fully saturated rings. The number of aliphatic imine (C=N–C) groups is 3. The van der Waals surface area contributed by atoms with Crippen molar-refractivity contribution in [2.45, 2.75) is 37.8 Å².